The molecular formula is C40H79NO3. The molecule has 0 aliphatic carbocycles. The standard InChI is InChI=1S/C40H79NO3/c1-4-7-10-13-15-17-18-19-20-21-22-23-24-26-29-32-35-43-37-40(41,36-42)38-44-39(33-30-27-12-9-6-3)34-31-28-25-16-14-11-8-5-2/h19-20,31,34,39,42H,4-18,21-30,32-33,35-38,41H2,1-3H3/b20-19-,34-31-. The van der Waals surface area contributed by atoms with Crippen molar-refractivity contribution in [1.82, 2.24) is 0 Å². The summed E-state index contributed by atoms with van der Waals surface area (Å²) in [6, 6.07) is 0. The molecule has 0 aromatic heterocycles. The van der Waals surface area contributed by atoms with E-state index in [2.05, 4.69) is 45.1 Å². The predicted molar refractivity (Wildman–Crippen MR) is 195 cm³/mol. The van der Waals surface area contributed by atoms with Crippen molar-refractivity contribution in [2.75, 3.05) is 26.4 Å². The van der Waals surface area contributed by atoms with Crippen molar-refractivity contribution >= 4 is 0 Å². The van der Waals surface area contributed by atoms with Crippen LogP contribution in [-0.2, 0) is 9.47 Å². The van der Waals surface area contributed by atoms with E-state index in [4.69, 9.17) is 15.2 Å². The van der Waals surface area contributed by atoms with Gasteiger partial charge in [0.1, 0.15) is 0 Å². The number of hydrogen-bond donors (Lipinski definition) is 2. The lowest BCUT2D eigenvalue weighted by atomic mass is 10.0. The molecule has 0 aromatic carbocycles. The summed E-state index contributed by atoms with van der Waals surface area (Å²) in [6.45, 7) is 8.07. The number of ether oxygens (including phenoxy) is 2. The third-order valence-electron chi connectivity index (χ3n) is 8.76. The number of aliphatic hydroxyl groups is 1. The zero-order chi connectivity index (χ0) is 32.2. The van der Waals surface area contributed by atoms with Gasteiger partial charge in [0.15, 0.2) is 0 Å². The second kappa shape index (κ2) is 35.2. The third kappa shape index (κ3) is 31.3. The van der Waals surface area contributed by atoms with E-state index in [1.54, 1.807) is 0 Å². The van der Waals surface area contributed by atoms with Gasteiger partial charge in [-0.25, -0.2) is 0 Å². The summed E-state index contributed by atoms with van der Waals surface area (Å²) in [5.41, 5.74) is 5.68. The van der Waals surface area contributed by atoms with Crippen molar-refractivity contribution in [3.8, 4) is 0 Å². The smallest absolute Gasteiger partial charge is 0.0862 e. The lowest BCUT2D eigenvalue weighted by molar-refractivity contribution is -0.0211. The lowest BCUT2D eigenvalue weighted by Gasteiger charge is -2.28. The van der Waals surface area contributed by atoms with Crippen LogP contribution in [0.5, 0.6) is 0 Å². The summed E-state index contributed by atoms with van der Waals surface area (Å²) in [5.74, 6) is 0. The van der Waals surface area contributed by atoms with Crippen molar-refractivity contribution in [3.05, 3.63) is 24.3 Å². The maximum atomic E-state index is 10.0. The monoisotopic (exact) mass is 622 g/mol. The normalized spacial score (nSPS) is 14.2. The minimum Gasteiger partial charge on any atom is -0.394 e. The van der Waals surface area contributed by atoms with Gasteiger partial charge in [0.2, 0.25) is 0 Å². The maximum Gasteiger partial charge on any atom is 0.0862 e. The van der Waals surface area contributed by atoms with Gasteiger partial charge >= 0.3 is 0 Å². The first-order valence-corrected chi connectivity index (χ1v) is 19.5. The molecule has 0 bridgehead atoms. The molecule has 0 aliphatic heterocycles. The van der Waals surface area contributed by atoms with Gasteiger partial charge in [0, 0.05) is 6.61 Å². The molecule has 0 aromatic rings. The molecule has 0 radical (unpaired) electrons. The van der Waals surface area contributed by atoms with Crippen LogP contribution in [0.2, 0.25) is 0 Å². The molecule has 0 heterocycles. The molecule has 3 N–H and O–H groups in total. The molecule has 262 valence electrons. The van der Waals surface area contributed by atoms with Gasteiger partial charge in [-0.3, -0.25) is 0 Å². The largest absolute Gasteiger partial charge is 0.394 e. The van der Waals surface area contributed by atoms with Crippen LogP contribution in [0.4, 0.5) is 0 Å². The Morgan fingerprint density at radius 1 is 0.545 bits per heavy atom. The van der Waals surface area contributed by atoms with Gasteiger partial charge in [-0.1, -0.05) is 167 Å². The van der Waals surface area contributed by atoms with Crippen LogP contribution in [0, 0.1) is 0 Å². The maximum absolute atomic E-state index is 10.0. The van der Waals surface area contributed by atoms with Gasteiger partial charge in [-0.2, -0.15) is 0 Å². The first-order chi connectivity index (χ1) is 21.6. The van der Waals surface area contributed by atoms with E-state index in [1.165, 1.54) is 154 Å². The van der Waals surface area contributed by atoms with E-state index in [9.17, 15) is 5.11 Å². The number of unbranched alkanes of at least 4 members (excludes halogenated alkanes) is 22. The Kier molecular flexibility index (Phi) is 34.6. The van der Waals surface area contributed by atoms with Gasteiger partial charge in [-0.05, 0) is 51.4 Å². The fraction of sp³-hybridized carbons (Fsp3) is 0.900. The van der Waals surface area contributed by atoms with Crippen molar-refractivity contribution in [3.63, 3.8) is 0 Å². The SMILES string of the molecule is CCCCCCCC/C=C\CCCCCCCCOCC(N)(CO)COC(/C=C\CCCCCCCC)CCCCCCC. The highest BCUT2D eigenvalue weighted by atomic mass is 16.5. The molecule has 0 amide bonds. The topological polar surface area (TPSA) is 64.7 Å². The Balaban J connectivity index is 4.06. The fourth-order valence-corrected chi connectivity index (χ4v) is 5.61. The minimum absolute atomic E-state index is 0.0713. The molecule has 0 aliphatic rings. The average molecular weight is 622 g/mol. The van der Waals surface area contributed by atoms with Crippen molar-refractivity contribution in [2.24, 2.45) is 5.73 Å². The highest BCUT2D eigenvalue weighted by Gasteiger charge is 2.26. The molecule has 0 spiro atoms. The summed E-state index contributed by atoms with van der Waals surface area (Å²) in [7, 11) is 0. The minimum atomic E-state index is -0.837. The van der Waals surface area contributed by atoms with E-state index in [0.29, 0.717) is 19.8 Å². The van der Waals surface area contributed by atoms with Crippen LogP contribution in [0.3, 0.4) is 0 Å². The van der Waals surface area contributed by atoms with Crippen LogP contribution >= 0.6 is 0 Å². The lowest BCUT2D eigenvalue weighted by Crippen LogP contribution is -2.52. The number of nitrogens with two attached hydrogens (primary N) is 1. The molecule has 2 atom stereocenters. The van der Waals surface area contributed by atoms with Crippen LogP contribution in [0.1, 0.15) is 194 Å². The summed E-state index contributed by atoms with van der Waals surface area (Å²) in [5, 5.41) is 10.0. The van der Waals surface area contributed by atoms with Crippen molar-refractivity contribution in [1.29, 1.82) is 0 Å². The Bertz CT molecular complexity index is 607. The summed E-state index contributed by atoms with van der Waals surface area (Å²) in [6.07, 6.45) is 44.1. The number of aliphatic hydroxyl groups excluding tert-OH is 1. The number of hydrogen-bond acceptors (Lipinski definition) is 4. The number of allylic oxidation sites excluding steroid dienone is 3. The van der Waals surface area contributed by atoms with Crippen LogP contribution in [-0.4, -0.2) is 43.2 Å². The van der Waals surface area contributed by atoms with E-state index in [1.807, 2.05) is 0 Å². The van der Waals surface area contributed by atoms with Crippen LogP contribution < -0.4 is 5.73 Å². The third-order valence-corrected chi connectivity index (χ3v) is 8.76. The van der Waals surface area contributed by atoms with Gasteiger partial charge in [0.25, 0.3) is 0 Å². The molecular weight excluding hydrogens is 542 g/mol. The van der Waals surface area contributed by atoms with Crippen LogP contribution in [0.15, 0.2) is 24.3 Å². The summed E-state index contributed by atoms with van der Waals surface area (Å²) < 4.78 is 12.2. The molecule has 44 heavy (non-hydrogen) atoms. The first-order valence-electron chi connectivity index (χ1n) is 19.5. The van der Waals surface area contributed by atoms with E-state index < -0.39 is 5.54 Å². The van der Waals surface area contributed by atoms with E-state index in [0.717, 1.165) is 19.3 Å². The van der Waals surface area contributed by atoms with Gasteiger partial charge < -0.3 is 20.3 Å². The zero-order valence-corrected chi connectivity index (χ0v) is 30.1. The highest BCUT2D eigenvalue weighted by molar-refractivity contribution is 4.92. The van der Waals surface area contributed by atoms with E-state index >= 15 is 0 Å². The molecule has 0 saturated heterocycles. The molecule has 4 heteroatoms. The quantitative estimate of drug-likeness (QED) is 0.0539. The van der Waals surface area contributed by atoms with Crippen molar-refractivity contribution < 1.29 is 14.6 Å². The fourth-order valence-electron chi connectivity index (χ4n) is 5.61. The highest BCUT2D eigenvalue weighted by Crippen LogP contribution is 2.15. The average Bonchev–Trinajstić information content (AvgIpc) is 3.03. The Hall–Kier alpha value is -0.680. The molecule has 0 rings (SSSR count). The summed E-state index contributed by atoms with van der Waals surface area (Å²) >= 11 is 0. The van der Waals surface area contributed by atoms with Crippen molar-refractivity contribution in [2.45, 2.75) is 206 Å². The van der Waals surface area contributed by atoms with Gasteiger partial charge in [0.05, 0.1) is 31.5 Å². The number of rotatable bonds is 36. The first kappa shape index (κ1) is 43.3. The zero-order valence-electron chi connectivity index (χ0n) is 30.1. The Morgan fingerprint density at radius 3 is 1.48 bits per heavy atom. The Morgan fingerprint density at radius 2 is 0.977 bits per heavy atom. The second-order valence-electron chi connectivity index (χ2n) is 13.5. The van der Waals surface area contributed by atoms with Crippen LogP contribution in [0.25, 0.3) is 0 Å². The predicted octanol–water partition coefficient (Wildman–Crippen LogP) is 11.8. The molecule has 0 fully saturated rings. The molecule has 2 unspecified atom stereocenters. The summed E-state index contributed by atoms with van der Waals surface area (Å²) in [4.78, 5) is 0. The molecule has 4 nitrogen and oxygen atoms in total. The Labute approximate surface area is 276 Å². The second-order valence-corrected chi connectivity index (χ2v) is 13.5. The van der Waals surface area contributed by atoms with E-state index in [-0.39, 0.29) is 12.7 Å². The molecule has 0 saturated carbocycles. The van der Waals surface area contributed by atoms with Gasteiger partial charge in [-0.15, -0.1) is 0 Å².